The second kappa shape index (κ2) is 14.8. The predicted octanol–water partition coefficient (Wildman–Crippen LogP) is 5.08. The minimum absolute atomic E-state index is 0.0600. The Morgan fingerprint density at radius 2 is 1.55 bits per heavy atom. The summed E-state index contributed by atoms with van der Waals surface area (Å²) in [6, 6.07) is 14.7. The molecule has 0 unspecified atom stereocenters. The van der Waals surface area contributed by atoms with Crippen LogP contribution in [-0.2, 0) is 0 Å². The first kappa shape index (κ1) is 33.5. The van der Waals surface area contributed by atoms with E-state index in [1.807, 2.05) is 52.7 Å². The van der Waals surface area contributed by atoms with Crippen molar-refractivity contribution in [1.29, 1.82) is 0 Å². The molecule has 1 atom stereocenters. The third-order valence-corrected chi connectivity index (χ3v) is 11.9. The van der Waals surface area contributed by atoms with Crippen LogP contribution >= 0.6 is 23.5 Å². The van der Waals surface area contributed by atoms with E-state index in [0.717, 1.165) is 41.7 Å². The molecule has 3 aromatic rings. The van der Waals surface area contributed by atoms with Crippen LogP contribution in [0.2, 0.25) is 0 Å². The monoisotopic (exact) mass is 677 g/mol. The number of likely N-dealkylation sites (tertiary alicyclic amines) is 1. The van der Waals surface area contributed by atoms with Gasteiger partial charge >= 0.3 is 0 Å². The normalized spacial score (nSPS) is 18.9. The van der Waals surface area contributed by atoms with Crippen LogP contribution in [0.25, 0.3) is 10.8 Å². The molecule has 2 N–H and O–H groups in total. The average Bonchev–Trinajstić information content (AvgIpc) is 3.58. The minimum Gasteiger partial charge on any atom is -0.493 e. The molecule has 0 radical (unpaired) electrons. The Kier molecular flexibility index (Phi) is 10.5. The molecule has 3 heterocycles. The smallest absolute Gasteiger partial charge is 0.262 e. The summed E-state index contributed by atoms with van der Waals surface area (Å²) in [7, 11) is 1.57. The van der Waals surface area contributed by atoms with Crippen molar-refractivity contribution >= 4 is 57.7 Å². The number of nitrogens with two attached hydrogens (primary N) is 1. The molecule has 0 saturated carbocycles. The molecule has 2 saturated heterocycles. The highest BCUT2D eigenvalue weighted by molar-refractivity contribution is 8.17. The van der Waals surface area contributed by atoms with Gasteiger partial charge < -0.3 is 20.1 Å². The Morgan fingerprint density at radius 1 is 0.915 bits per heavy atom. The van der Waals surface area contributed by atoms with Crippen molar-refractivity contribution in [2.45, 2.75) is 37.3 Å². The van der Waals surface area contributed by atoms with Crippen molar-refractivity contribution in [3.8, 4) is 11.5 Å². The number of carbonyl (C=O) groups is 3. The van der Waals surface area contributed by atoms with Crippen LogP contribution in [0.15, 0.2) is 48.5 Å². The maximum Gasteiger partial charge on any atom is 0.262 e. The lowest BCUT2D eigenvalue weighted by Crippen LogP contribution is -2.53. The quantitative estimate of drug-likeness (QED) is 0.159. The lowest BCUT2D eigenvalue weighted by molar-refractivity contribution is 0.0297. The van der Waals surface area contributed by atoms with Gasteiger partial charge in [-0.1, -0.05) is 38.1 Å². The zero-order valence-electron chi connectivity index (χ0n) is 27.3. The van der Waals surface area contributed by atoms with Gasteiger partial charge in [0.15, 0.2) is 11.5 Å². The van der Waals surface area contributed by atoms with Gasteiger partial charge in [-0.3, -0.25) is 29.1 Å². The van der Waals surface area contributed by atoms with Gasteiger partial charge in [-0.15, -0.1) is 23.5 Å². The Hall–Kier alpha value is -3.45. The molecule has 3 aliphatic rings. The molecule has 0 aliphatic carbocycles. The predicted molar refractivity (Wildman–Crippen MR) is 189 cm³/mol. The van der Waals surface area contributed by atoms with E-state index in [9.17, 15) is 14.4 Å². The number of thioether (sulfide) groups is 2. The van der Waals surface area contributed by atoms with Crippen LogP contribution in [0.4, 0.5) is 5.69 Å². The maximum atomic E-state index is 13.8. The SMILES string of the molecule is CCSC(SCC)[C@H]1CCCN1C(=O)c1cc(OC)c(OCN2CCN(CN3C(=O)c4cccc5cccc(c45)C3=O)CC2)cc1N. The topological polar surface area (TPSA) is 109 Å². The largest absolute Gasteiger partial charge is 0.493 e. The minimum atomic E-state index is -0.253. The first-order valence-electron chi connectivity index (χ1n) is 16.3. The molecule has 0 spiro atoms. The van der Waals surface area contributed by atoms with Crippen molar-refractivity contribution in [1.82, 2.24) is 19.6 Å². The fourth-order valence-corrected chi connectivity index (χ4v) is 9.61. The van der Waals surface area contributed by atoms with Gasteiger partial charge in [0.05, 0.1) is 30.0 Å². The Morgan fingerprint density at radius 3 is 2.17 bits per heavy atom. The number of piperazine rings is 1. The number of methoxy groups -OCH3 is 1. The van der Waals surface area contributed by atoms with Crippen LogP contribution in [0.3, 0.4) is 0 Å². The number of amides is 3. The van der Waals surface area contributed by atoms with Crippen LogP contribution in [0, 0.1) is 0 Å². The molecule has 12 heteroatoms. The van der Waals surface area contributed by atoms with Crippen molar-refractivity contribution in [2.75, 3.05) is 70.5 Å². The van der Waals surface area contributed by atoms with Gasteiger partial charge in [0.25, 0.3) is 17.7 Å². The number of imide groups is 1. The molecule has 10 nitrogen and oxygen atoms in total. The zero-order chi connectivity index (χ0) is 33.1. The maximum absolute atomic E-state index is 13.8. The van der Waals surface area contributed by atoms with E-state index in [-0.39, 0.29) is 30.4 Å². The number of anilines is 1. The van der Waals surface area contributed by atoms with E-state index in [0.29, 0.717) is 71.4 Å². The highest BCUT2D eigenvalue weighted by atomic mass is 32.2. The number of rotatable bonds is 12. The van der Waals surface area contributed by atoms with E-state index in [4.69, 9.17) is 15.2 Å². The third-order valence-electron chi connectivity index (χ3n) is 9.17. The molecule has 47 heavy (non-hydrogen) atoms. The van der Waals surface area contributed by atoms with E-state index in [1.165, 1.54) is 4.90 Å². The Bertz CT molecular complexity index is 1590. The highest BCUT2D eigenvalue weighted by Crippen LogP contribution is 2.38. The number of benzene rings is 3. The van der Waals surface area contributed by atoms with E-state index in [2.05, 4.69) is 23.6 Å². The third kappa shape index (κ3) is 6.78. The number of carbonyl (C=O) groups excluding carboxylic acids is 3. The van der Waals surface area contributed by atoms with Crippen LogP contribution < -0.4 is 15.2 Å². The lowest BCUT2D eigenvalue weighted by Gasteiger charge is -2.37. The van der Waals surface area contributed by atoms with Crippen LogP contribution in [0.1, 0.15) is 57.8 Å². The number of nitrogen functional groups attached to an aromatic ring is 1. The van der Waals surface area contributed by atoms with Gasteiger partial charge in [-0.05, 0) is 47.9 Å². The molecule has 3 aliphatic heterocycles. The average molecular weight is 678 g/mol. The molecule has 6 rings (SSSR count). The zero-order valence-corrected chi connectivity index (χ0v) is 28.9. The Labute approximate surface area is 284 Å². The van der Waals surface area contributed by atoms with Crippen molar-refractivity contribution in [3.63, 3.8) is 0 Å². The first-order chi connectivity index (χ1) is 22.8. The van der Waals surface area contributed by atoms with Gasteiger partial charge in [0, 0.05) is 61.0 Å². The fraction of sp³-hybridized carbons (Fsp3) is 0.457. The summed E-state index contributed by atoms with van der Waals surface area (Å²) in [5.41, 5.74) is 8.43. The summed E-state index contributed by atoms with van der Waals surface area (Å²) >= 11 is 3.82. The summed E-state index contributed by atoms with van der Waals surface area (Å²) in [6.45, 7) is 8.33. The standard InChI is InChI=1S/C35H43N5O5S2/c1-4-46-35(47-5-2)28-13-8-14-39(28)34(43)26-19-29(44-3)30(20-27(26)36)45-22-38-17-15-37(16-18-38)21-40-32(41)24-11-6-9-23-10-7-12-25(31(23)24)33(40)42/h6-7,9-12,19-20,28,35H,4-5,8,13-18,21-22,36H2,1-3H3/t28-/m1/s1. The van der Waals surface area contributed by atoms with Gasteiger partial charge in [-0.25, -0.2) is 0 Å². The van der Waals surface area contributed by atoms with Crippen LogP contribution in [0.5, 0.6) is 11.5 Å². The molecule has 3 aromatic carbocycles. The molecule has 250 valence electrons. The highest BCUT2D eigenvalue weighted by Gasteiger charge is 2.37. The second-order valence-electron chi connectivity index (χ2n) is 12.0. The molecule has 3 amide bonds. The van der Waals surface area contributed by atoms with Gasteiger partial charge in [-0.2, -0.15) is 0 Å². The summed E-state index contributed by atoms with van der Waals surface area (Å²) in [6.07, 6.45) is 1.99. The van der Waals surface area contributed by atoms with E-state index >= 15 is 0 Å². The van der Waals surface area contributed by atoms with Crippen LogP contribution in [-0.4, -0.2) is 113 Å². The first-order valence-corrected chi connectivity index (χ1v) is 18.4. The fourth-order valence-electron chi connectivity index (χ4n) is 6.74. The van der Waals surface area contributed by atoms with E-state index < -0.39 is 0 Å². The second-order valence-corrected chi connectivity index (χ2v) is 15.1. The summed E-state index contributed by atoms with van der Waals surface area (Å²) in [4.78, 5) is 48.1. The molecular weight excluding hydrogens is 635 g/mol. The number of nitrogens with zero attached hydrogens (tertiary/aromatic N) is 4. The van der Waals surface area contributed by atoms with Crippen molar-refractivity contribution < 1.29 is 23.9 Å². The number of hydrogen-bond donors (Lipinski definition) is 1. The lowest BCUT2D eigenvalue weighted by atomic mass is 9.94. The van der Waals surface area contributed by atoms with Gasteiger partial charge in [0.2, 0.25) is 0 Å². The Balaban J connectivity index is 1.05. The molecular formula is C35H43N5O5S2. The number of ether oxygens (including phenoxy) is 2. The van der Waals surface area contributed by atoms with Crippen molar-refractivity contribution in [2.24, 2.45) is 0 Å². The summed E-state index contributed by atoms with van der Waals surface area (Å²) in [5, 5.41) is 1.64. The number of hydrogen-bond acceptors (Lipinski definition) is 10. The summed E-state index contributed by atoms with van der Waals surface area (Å²) in [5.74, 6) is 2.41. The van der Waals surface area contributed by atoms with Gasteiger partial charge in [0.1, 0.15) is 6.73 Å². The van der Waals surface area contributed by atoms with E-state index in [1.54, 1.807) is 31.4 Å². The van der Waals surface area contributed by atoms with Crippen molar-refractivity contribution in [3.05, 3.63) is 65.2 Å². The molecule has 0 aromatic heterocycles. The molecule has 2 fully saturated rings. The molecule has 0 bridgehead atoms. The summed E-state index contributed by atoms with van der Waals surface area (Å²) < 4.78 is 12.2.